The molecule has 3 heteroatoms. The minimum absolute atomic E-state index is 0.284. The maximum absolute atomic E-state index is 2.38. The molecule has 0 unspecified atom stereocenters. The van der Waals surface area contributed by atoms with Gasteiger partial charge in [0.15, 0.2) is 0 Å². The van der Waals surface area contributed by atoms with Crippen molar-refractivity contribution in [3.05, 3.63) is 0 Å². The van der Waals surface area contributed by atoms with Gasteiger partial charge in [-0.1, -0.05) is 114 Å². The van der Waals surface area contributed by atoms with E-state index in [4.69, 9.17) is 0 Å². The molecule has 28 heavy (non-hydrogen) atoms. The Morgan fingerprint density at radius 3 is 1.14 bits per heavy atom. The monoisotopic (exact) mass is 428 g/mol. The van der Waals surface area contributed by atoms with Crippen molar-refractivity contribution in [2.24, 2.45) is 0 Å². The number of unbranched alkanes of at least 4 members (excludes halogenated alkanes) is 9. The van der Waals surface area contributed by atoms with Crippen molar-refractivity contribution in [2.45, 2.75) is 136 Å². The molecule has 0 radical (unpaired) electrons. The minimum atomic E-state index is 0.284. The third-order valence-corrected chi connectivity index (χ3v) is 13.8. The molecular formula is C25H55BP2. The van der Waals surface area contributed by atoms with Crippen LogP contribution in [-0.2, 0) is 0 Å². The lowest BCUT2D eigenvalue weighted by atomic mass is 10.00. The third kappa shape index (κ3) is 15.7. The van der Waals surface area contributed by atoms with E-state index in [1.165, 1.54) is 96.2 Å². The van der Waals surface area contributed by atoms with E-state index < -0.39 is 0 Å². The van der Waals surface area contributed by atoms with E-state index >= 15 is 0 Å². The summed E-state index contributed by atoms with van der Waals surface area (Å²) < 4.78 is 0. The highest BCUT2D eigenvalue weighted by Crippen LogP contribution is 2.61. The van der Waals surface area contributed by atoms with Crippen molar-refractivity contribution in [1.82, 2.24) is 0 Å². The quantitative estimate of drug-likeness (QED) is 0.0915. The molecule has 0 amide bonds. The molecule has 0 atom stereocenters. The first-order valence-electron chi connectivity index (χ1n) is 13.2. The van der Waals surface area contributed by atoms with Gasteiger partial charge in [0.05, 0.1) is 0 Å². The van der Waals surface area contributed by atoms with Gasteiger partial charge in [-0.05, 0) is 62.2 Å². The van der Waals surface area contributed by atoms with Gasteiger partial charge >= 0.3 is 0 Å². The molecule has 0 saturated heterocycles. The first-order valence-corrected chi connectivity index (χ1v) is 16.8. The topological polar surface area (TPSA) is 0 Å². The molecular weight excluding hydrogens is 373 g/mol. The molecule has 0 saturated carbocycles. The van der Waals surface area contributed by atoms with Gasteiger partial charge in [-0.2, -0.15) is 0 Å². The number of rotatable bonds is 22. The summed E-state index contributed by atoms with van der Waals surface area (Å²) in [5, 5.41) is 1.15. The van der Waals surface area contributed by atoms with Crippen LogP contribution in [0.5, 0.6) is 0 Å². The van der Waals surface area contributed by atoms with Crippen LogP contribution < -0.4 is 0 Å². The van der Waals surface area contributed by atoms with Gasteiger partial charge in [-0.25, -0.2) is 0 Å². The fourth-order valence-corrected chi connectivity index (χ4v) is 12.7. The Bertz CT molecular complexity index is 254. The Balaban J connectivity index is 5.16. The number of hydrogen-bond acceptors (Lipinski definition) is 0. The second-order valence-electron chi connectivity index (χ2n) is 8.88. The van der Waals surface area contributed by atoms with Crippen LogP contribution >= 0.6 is 15.8 Å². The molecule has 0 aromatic rings. The van der Waals surface area contributed by atoms with Crippen molar-refractivity contribution in [1.29, 1.82) is 0 Å². The maximum atomic E-state index is 2.38. The Morgan fingerprint density at radius 2 is 0.857 bits per heavy atom. The molecule has 168 valence electrons. The van der Waals surface area contributed by atoms with Crippen molar-refractivity contribution in [3.8, 4) is 0 Å². The van der Waals surface area contributed by atoms with E-state index in [1.54, 1.807) is 31.1 Å². The van der Waals surface area contributed by atoms with Gasteiger partial charge in [0.2, 0.25) is 0 Å². The first-order chi connectivity index (χ1) is 13.7. The highest BCUT2D eigenvalue weighted by Gasteiger charge is 2.27. The maximum Gasteiger partial charge on any atom is 0.101 e. The molecule has 0 aliphatic carbocycles. The molecule has 0 rings (SSSR count). The second kappa shape index (κ2) is 22.6. The standard InChI is InChI=1S/C25H55BP2/c1-5-9-15-21-27(22-16-10-6-2)25(19-13-14-20-26)28(23-17-11-7-3)24-18-12-8-4/h25H,5-24,26H2,1-4H3. The Hall–Kier alpha value is 0.925. The Morgan fingerprint density at radius 1 is 0.500 bits per heavy atom. The summed E-state index contributed by atoms with van der Waals surface area (Å²) >= 11 is 0. The SMILES string of the molecule is BCCCCC(P(CCCCC)CCCCC)P(CCCCC)CCCCC. The normalized spacial score (nSPS) is 12.0. The van der Waals surface area contributed by atoms with E-state index in [9.17, 15) is 0 Å². The van der Waals surface area contributed by atoms with Crippen molar-refractivity contribution in [3.63, 3.8) is 0 Å². The zero-order valence-corrected chi connectivity index (χ0v) is 22.4. The highest BCUT2D eigenvalue weighted by atomic mass is 31.2. The zero-order chi connectivity index (χ0) is 20.9. The predicted octanol–water partition coefficient (Wildman–Crippen LogP) is 9.26. The average molecular weight is 428 g/mol. The summed E-state index contributed by atoms with van der Waals surface area (Å²) in [5.41, 5.74) is 0. The smallest absolute Gasteiger partial charge is 0.0991 e. The fourth-order valence-electron chi connectivity index (χ4n) is 4.25. The van der Waals surface area contributed by atoms with Crippen molar-refractivity contribution >= 4 is 23.7 Å². The highest BCUT2D eigenvalue weighted by molar-refractivity contribution is 7.75. The molecule has 0 aliphatic heterocycles. The van der Waals surface area contributed by atoms with Gasteiger partial charge in [-0.15, -0.1) is 0 Å². The van der Waals surface area contributed by atoms with E-state index in [0.29, 0.717) is 0 Å². The van der Waals surface area contributed by atoms with E-state index in [2.05, 4.69) is 35.5 Å². The van der Waals surface area contributed by atoms with E-state index in [0.717, 1.165) is 5.40 Å². The van der Waals surface area contributed by atoms with Crippen LogP contribution in [0.3, 0.4) is 0 Å². The summed E-state index contributed by atoms with van der Waals surface area (Å²) in [6, 6.07) is 0. The van der Waals surface area contributed by atoms with Crippen molar-refractivity contribution in [2.75, 3.05) is 24.6 Å². The molecule has 0 fully saturated rings. The van der Waals surface area contributed by atoms with Gasteiger partial charge in [0, 0.05) is 0 Å². The summed E-state index contributed by atoms with van der Waals surface area (Å²) in [5.74, 6) is 0. The van der Waals surface area contributed by atoms with Gasteiger partial charge in [-0.3, -0.25) is 0 Å². The largest absolute Gasteiger partial charge is 0.101 e. The van der Waals surface area contributed by atoms with Crippen LogP contribution in [0.15, 0.2) is 0 Å². The van der Waals surface area contributed by atoms with Gasteiger partial charge in [0.1, 0.15) is 7.85 Å². The van der Waals surface area contributed by atoms with Crippen LogP contribution in [0.4, 0.5) is 0 Å². The average Bonchev–Trinajstić information content (AvgIpc) is 2.70. The van der Waals surface area contributed by atoms with Crippen LogP contribution in [0.25, 0.3) is 0 Å². The van der Waals surface area contributed by atoms with Gasteiger partial charge in [0.25, 0.3) is 0 Å². The minimum Gasteiger partial charge on any atom is -0.0991 e. The first kappa shape index (κ1) is 28.9. The van der Waals surface area contributed by atoms with E-state index in [1.807, 2.05) is 0 Å². The second-order valence-corrected chi connectivity index (χ2v) is 14.7. The molecule has 0 aromatic heterocycles. The van der Waals surface area contributed by atoms with Crippen LogP contribution in [0.2, 0.25) is 6.32 Å². The Kier molecular flexibility index (Phi) is 23.4. The van der Waals surface area contributed by atoms with Crippen molar-refractivity contribution < 1.29 is 0 Å². The summed E-state index contributed by atoms with van der Waals surface area (Å²) in [6.45, 7) is 9.50. The summed E-state index contributed by atoms with van der Waals surface area (Å²) in [4.78, 5) is 0. The third-order valence-electron chi connectivity index (χ3n) is 6.10. The van der Waals surface area contributed by atoms with E-state index in [-0.39, 0.29) is 15.8 Å². The molecule has 0 N–H and O–H groups in total. The molecule has 0 aromatic carbocycles. The van der Waals surface area contributed by atoms with Crippen LogP contribution in [0.1, 0.15) is 124 Å². The summed E-state index contributed by atoms with van der Waals surface area (Å²) in [7, 11) is 2.95. The zero-order valence-electron chi connectivity index (χ0n) is 20.6. The lowest BCUT2D eigenvalue weighted by Gasteiger charge is -2.36. The lowest BCUT2D eigenvalue weighted by molar-refractivity contribution is 0.726. The molecule has 0 bridgehead atoms. The molecule has 0 nitrogen and oxygen atoms in total. The lowest BCUT2D eigenvalue weighted by Crippen LogP contribution is -2.13. The van der Waals surface area contributed by atoms with Gasteiger partial charge < -0.3 is 0 Å². The predicted molar refractivity (Wildman–Crippen MR) is 142 cm³/mol. The molecule has 0 heterocycles. The fraction of sp³-hybridized carbons (Fsp3) is 1.00. The molecule has 0 aliphatic rings. The summed E-state index contributed by atoms with van der Waals surface area (Å²) in [6.07, 6.45) is 29.9. The van der Waals surface area contributed by atoms with Crippen LogP contribution in [0, 0.1) is 0 Å². The number of hydrogen-bond donors (Lipinski definition) is 0. The van der Waals surface area contributed by atoms with Crippen LogP contribution in [-0.4, -0.2) is 37.9 Å². The molecule has 0 spiro atoms. The Labute approximate surface area is 184 Å².